The second kappa shape index (κ2) is 7.80. The van der Waals surface area contributed by atoms with Crippen LogP contribution in [0.25, 0.3) is 11.0 Å². The number of amides is 1. The molecule has 2 aromatic heterocycles. The van der Waals surface area contributed by atoms with Crippen LogP contribution < -0.4 is 4.90 Å². The van der Waals surface area contributed by atoms with E-state index in [1.807, 2.05) is 22.8 Å². The molecule has 8 heteroatoms. The Morgan fingerprint density at radius 2 is 1.96 bits per heavy atom. The molecule has 0 bridgehead atoms. The van der Waals surface area contributed by atoms with E-state index in [2.05, 4.69) is 10.00 Å². The van der Waals surface area contributed by atoms with Crippen LogP contribution in [0.3, 0.4) is 0 Å². The number of methoxy groups -OCH3 is 1. The molecule has 1 saturated carbocycles. The summed E-state index contributed by atoms with van der Waals surface area (Å²) in [6.07, 6.45) is 7.63. The van der Waals surface area contributed by atoms with Crippen molar-refractivity contribution in [1.29, 1.82) is 0 Å². The van der Waals surface area contributed by atoms with Gasteiger partial charge in [0.05, 0.1) is 11.6 Å². The number of hydrogen-bond donors (Lipinski definition) is 0. The maximum absolute atomic E-state index is 12.2. The Balaban J connectivity index is 1.63. The van der Waals surface area contributed by atoms with Gasteiger partial charge >= 0.3 is 0 Å². The molecule has 1 aliphatic heterocycles. The summed E-state index contributed by atoms with van der Waals surface area (Å²) >= 11 is 0. The summed E-state index contributed by atoms with van der Waals surface area (Å²) in [7, 11) is 3.50. The Kier molecular flexibility index (Phi) is 5.24. The first-order valence-corrected chi connectivity index (χ1v) is 9.88. The van der Waals surface area contributed by atoms with E-state index in [1.165, 1.54) is 25.7 Å². The summed E-state index contributed by atoms with van der Waals surface area (Å²) in [4.78, 5) is 26.2. The first-order valence-electron chi connectivity index (χ1n) is 9.88. The van der Waals surface area contributed by atoms with Gasteiger partial charge in [-0.25, -0.2) is 9.97 Å². The van der Waals surface area contributed by atoms with E-state index >= 15 is 0 Å². The van der Waals surface area contributed by atoms with Crippen LogP contribution in [-0.2, 0) is 16.6 Å². The second-order valence-corrected chi connectivity index (χ2v) is 7.55. The fourth-order valence-corrected chi connectivity index (χ4v) is 4.22. The van der Waals surface area contributed by atoms with Crippen molar-refractivity contribution in [2.45, 2.75) is 38.0 Å². The molecule has 1 aliphatic carbocycles. The topological polar surface area (TPSA) is 76.4 Å². The normalized spacial score (nSPS) is 19.0. The molecule has 0 spiro atoms. The Morgan fingerprint density at radius 3 is 2.74 bits per heavy atom. The second-order valence-electron chi connectivity index (χ2n) is 7.55. The van der Waals surface area contributed by atoms with Crippen LogP contribution in [0.15, 0.2) is 6.20 Å². The largest absolute Gasteiger partial charge is 0.375 e. The first-order chi connectivity index (χ1) is 13.2. The number of carbonyl (C=O) groups excluding carboxylic acids is 1. The minimum absolute atomic E-state index is 0.0557. The lowest BCUT2D eigenvalue weighted by Gasteiger charge is -2.24. The summed E-state index contributed by atoms with van der Waals surface area (Å²) in [5.41, 5.74) is 0.901. The zero-order valence-corrected chi connectivity index (χ0v) is 16.2. The lowest BCUT2D eigenvalue weighted by atomic mass is 10.1. The van der Waals surface area contributed by atoms with Gasteiger partial charge in [-0.2, -0.15) is 5.10 Å². The highest BCUT2D eigenvalue weighted by Gasteiger charge is 2.26. The van der Waals surface area contributed by atoms with Gasteiger partial charge in [-0.15, -0.1) is 0 Å². The predicted octanol–water partition coefficient (Wildman–Crippen LogP) is 1.71. The molecule has 8 nitrogen and oxygen atoms in total. The first kappa shape index (κ1) is 18.2. The Labute approximate surface area is 159 Å². The van der Waals surface area contributed by atoms with Crippen LogP contribution in [-0.4, -0.2) is 70.5 Å². The number of aryl methyl sites for hydroxylation is 1. The van der Waals surface area contributed by atoms with Crippen LogP contribution in [0, 0.1) is 0 Å². The third-order valence-corrected chi connectivity index (χ3v) is 5.73. The van der Waals surface area contributed by atoms with Crippen molar-refractivity contribution in [3.8, 4) is 0 Å². The average molecular weight is 372 g/mol. The summed E-state index contributed by atoms with van der Waals surface area (Å²) in [6, 6.07) is 0. The van der Waals surface area contributed by atoms with Crippen molar-refractivity contribution in [3.05, 3.63) is 12.0 Å². The van der Waals surface area contributed by atoms with Crippen molar-refractivity contribution in [1.82, 2.24) is 24.6 Å². The zero-order chi connectivity index (χ0) is 18.8. The van der Waals surface area contributed by atoms with Crippen molar-refractivity contribution < 1.29 is 9.53 Å². The molecular formula is C19H28N6O2. The molecule has 3 heterocycles. The Bertz CT molecular complexity index is 814. The van der Waals surface area contributed by atoms with E-state index in [4.69, 9.17) is 14.7 Å². The maximum atomic E-state index is 12.2. The molecule has 4 rings (SSSR count). The molecule has 0 N–H and O–H groups in total. The number of fused-ring (bicyclic) bond motifs is 1. The van der Waals surface area contributed by atoms with Crippen LogP contribution >= 0.6 is 0 Å². The van der Waals surface area contributed by atoms with Crippen molar-refractivity contribution in [3.63, 3.8) is 0 Å². The quantitative estimate of drug-likeness (QED) is 0.813. The third-order valence-electron chi connectivity index (χ3n) is 5.73. The fourth-order valence-electron chi connectivity index (χ4n) is 4.22. The number of carbonyl (C=O) groups is 1. The summed E-state index contributed by atoms with van der Waals surface area (Å²) in [5, 5.41) is 5.41. The van der Waals surface area contributed by atoms with Crippen molar-refractivity contribution >= 4 is 22.8 Å². The van der Waals surface area contributed by atoms with E-state index in [0.29, 0.717) is 12.5 Å². The van der Waals surface area contributed by atoms with Gasteiger partial charge in [-0.1, -0.05) is 12.8 Å². The SMILES string of the molecule is COCC(=O)N1CCCN(c2nc(C3CCCC3)nc3c2cnn3C)CC1. The van der Waals surface area contributed by atoms with Crippen molar-refractivity contribution in [2.24, 2.45) is 7.05 Å². The van der Waals surface area contributed by atoms with Crippen LogP contribution in [0.5, 0.6) is 0 Å². The van der Waals surface area contributed by atoms with Crippen molar-refractivity contribution in [2.75, 3.05) is 44.8 Å². The molecule has 0 atom stereocenters. The lowest BCUT2D eigenvalue weighted by Crippen LogP contribution is -2.37. The molecule has 2 aromatic rings. The highest BCUT2D eigenvalue weighted by Crippen LogP contribution is 2.35. The van der Waals surface area contributed by atoms with E-state index in [9.17, 15) is 4.79 Å². The Hall–Kier alpha value is -2.22. The average Bonchev–Trinajstić information content (AvgIpc) is 3.26. The molecular weight excluding hydrogens is 344 g/mol. The summed E-state index contributed by atoms with van der Waals surface area (Å²) in [6.45, 7) is 3.23. The van der Waals surface area contributed by atoms with Gasteiger partial charge in [0.2, 0.25) is 5.91 Å². The van der Waals surface area contributed by atoms with E-state index in [-0.39, 0.29) is 12.5 Å². The van der Waals surface area contributed by atoms with Crippen LogP contribution in [0.4, 0.5) is 5.82 Å². The molecule has 0 aromatic carbocycles. The van der Waals surface area contributed by atoms with Gasteiger partial charge in [0.15, 0.2) is 5.65 Å². The van der Waals surface area contributed by atoms with E-state index < -0.39 is 0 Å². The summed E-state index contributed by atoms with van der Waals surface area (Å²) in [5.74, 6) is 2.43. The smallest absolute Gasteiger partial charge is 0.248 e. The van der Waals surface area contributed by atoms with Crippen LogP contribution in [0.1, 0.15) is 43.8 Å². The number of rotatable bonds is 4. The highest BCUT2D eigenvalue weighted by molar-refractivity contribution is 5.87. The third kappa shape index (κ3) is 3.63. The van der Waals surface area contributed by atoms with E-state index in [0.717, 1.165) is 48.7 Å². The molecule has 2 aliphatic rings. The van der Waals surface area contributed by atoms with Gasteiger partial charge in [-0.05, 0) is 19.3 Å². The zero-order valence-electron chi connectivity index (χ0n) is 16.2. The number of hydrogen-bond acceptors (Lipinski definition) is 6. The molecule has 146 valence electrons. The predicted molar refractivity (Wildman–Crippen MR) is 103 cm³/mol. The van der Waals surface area contributed by atoms with Gasteiger partial charge < -0.3 is 14.5 Å². The number of ether oxygens (including phenoxy) is 1. The summed E-state index contributed by atoms with van der Waals surface area (Å²) < 4.78 is 6.84. The van der Waals surface area contributed by atoms with Gasteiger partial charge in [0.25, 0.3) is 0 Å². The molecule has 0 radical (unpaired) electrons. The molecule has 2 fully saturated rings. The van der Waals surface area contributed by atoms with Gasteiger partial charge in [0, 0.05) is 46.3 Å². The number of nitrogens with zero attached hydrogens (tertiary/aromatic N) is 6. The monoisotopic (exact) mass is 372 g/mol. The minimum atomic E-state index is 0.0557. The Morgan fingerprint density at radius 1 is 1.15 bits per heavy atom. The maximum Gasteiger partial charge on any atom is 0.248 e. The molecule has 27 heavy (non-hydrogen) atoms. The molecule has 0 unspecified atom stereocenters. The van der Waals surface area contributed by atoms with Gasteiger partial charge in [-0.3, -0.25) is 9.48 Å². The number of aromatic nitrogens is 4. The van der Waals surface area contributed by atoms with E-state index in [1.54, 1.807) is 7.11 Å². The van der Waals surface area contributed by atoms with Crippen LogP contribution in [0.2, 0.25) is 0 Å². The fraction of sp³-hybridized carbons (Fsp3) is 0.684. The highest BCUT2D eigenvalue weighted by atomic mass is 16.5. The van der Waals surface area contributed by atoms with Gasteiger partial charge in [0.1, 0.15) is 18.2 Å². The minimum Gasteiger partial charge on any atom is -0.375 e. The number of anilines is 1. The lowest BCUT2D eigenvalue weighted by molar-refractivity contribution is -0.134. The molecule has 1 saturated heterocycles. The molecule has 1 amide bonds. The standard InChI is InChI=1S/C19H28N6O2/c1-23-18-15(12-20-23)19(22-17(21-18)14-6-3-4-7-14)25-9-5-8-24(10-11-25)16(26)13-27-2/h12,14H,3-11,13H2,1-2H3.